The van der Waals surface area contributed by atoms with Gasteiger partial charge in [0.05, 0.1) is 12.2 Å². The molecular weight excluding hydrogens is 176 g/mol. The topological polar surface area (TPSA) is 40.5 Å². The fourth-order valence-corrected chi connectivity index (χ4v) is 1.17. The number of hydrogen-bond acceptors (Lipinski definition) is 2. The van der Waals surface area contributed by atoms with Crippen molar-refractivity contribution in [3.05, 3.63) is 48.1 Å². The van der Waals surface area contributed by atoms with E-state index in [1.807, 2.05) is 24.3 Å². The van der Waals surface area contributed by atoms with Crippen molar-refractivity contribution >= 4 is 0 Å². The lowest BCUT2D eigenvalue weighted by molar-refractivity contribution is 0.114. The maximum atomic E-state index is 9.60. The SMILES string of the molecule is CC1(O)C=CC(/C=C/C=C/CO)=CC1. The van der Waals surface area contributed by atoms with Crippen molar-refractivity contribution < 1.29 is 10.2 Å². The van der Waals surface area contributed by atoms with E-state index >= 15 is 0 Å². The standard InChI is InChI=1S/C12H16O2/c1-12(14)8-6-11(7-9-12)5-3-2-4-10-13/h2-8,13-14H,9-10H2,1H3/b4-2+,5-3+. The van der Waals surface area contributed by atoms with E-state index < -0.39 is 5.60 Å². The van der Waals surface area contributed by atoms with Gasteiger partial charge in [-0.2, -0.15) is 0 Å². The first kappa shape index (κ1) is 11.0. The molecule has 2 N–H and O–H groups in total. The van der Waals surface area contributed by atoms with Gasteiger partial charge in [-0.15, -0.1) is 0 Å². The van der Waals surface area contributed by atoms with E-state index in [9.17, 15) is 5.11 Å². The molecule has 0 amide bonds. The van der Waals surface area contributed by atoms with Crippen molar-refractivity contribution in [2.75, 3.05) is 6.61 Å². The molecule has 0 bridgehead atoms. The molecule has 0 spiro atoms. The molecule has 1 unspecified atom stereocenters. The zero-order chi connectivity index (χ0) is 10.4. The highest BCUT2D eigenvalue weighted by Crippen LogP contribution is 2.20. The van der Waals surface area contributed by atoms with E-state index in [1.165, 1.54) is 0 Å². The van der Waals surface area contributed by atoms with E-state index in [-0.39, 0.29) is 6.61 Å². The summed E-state index contributed by atoms with van der Waals surface area (Å²) in [5.41, 5.74) is 0.386. The first-order valence-corrected chi connectivity index (χ1v) is 4.70. The fourth-order valence-electron chi connectivity index (χ4n) is 1.17. The van der Waals surface area contributed by atoms with Crippen LogP contribution in [0.2, 0.25) is 0 Å². The summed E-state index contributed by atoms with van der Waals surface area (Å²) in [7, 11) is 0. The van der Waals surface area contributed by atoms with Crippen LogP contribution in [-0.4, -0.2) is 22.4 Å². The Labute approximate surface area is 84.6 Å². The molecule has 0 heterocycles. The summed E-state index contributed by atoms with van der Waals surface area (Å²) in [4.78, 5) is 0. The Balaban J connectivity index is 2.50. The second-order valence-corrected chi connectivity index (χ2v) is 3.57. The molecule has 1 aliphatic rings. The van der Waals surface area contributed by atoms with Gasteiger partial charge in [0, 0.05) is 0 Å². The van der Waals surface area contributed by atoms with Crippen LogP contribution in [0.25, 0.3) is 0 Å². The van der Waals surface area contributed by atoms with E-state index in [2.05, 4.69) is 0 Å². The molecule has 1 atom stereocenters. The average molecular weight is 192 g/mol. The Morgan fingerprint density at radius 3 is 2.86 bits per heavy atom. The average Bonchev–Trinajstić information content (AvgIpc) is 2.15. The number of allylic oxidation sites excluding steroid dienone is 5. The van der Waals surface area contributed by atoms with E-state index in [0.29, 0.717) is 6.42 Å². The van der Waals surface area contributed by atoms with E-state index in [4.69, 9.17) is 5.11 Å². The van der Waals surface area contributed by atoms with Crippen molar-refractivity contribution in [1.82, 2.24) is 0 Å². The largest absolute Gasteiger partial charge is 0.392 e. The third kappa shape index (κ3) is 3.73. The summed E-state index contributed by atoms with van der Waals surface area (Å²) >= 11 is 0. The Bertz CT molecular complexity index is 293. The third-order valence-corrected chi connectivity index (χ3v) is 2.03. The fraction of sp³-hybridized carbons (Fsp3) is 0.333. The molecule has 1 rings (SSSR count). The summed E-state index contributed by atoms with van der Waals surface area (Å²) in [6, 6.07) is 0. The number of rotatable bonds is 3. The van der Waals surface area contributed by atoms with Crippen LogP contribution in [0, 0.1) is 0 Å². The van der Waals surface area contributed by atoms with Crippen LogP contribution in [0.5, 0.6) is 0 Å². The lowest BCUT2D eigenvalue weighted by Gasteiger charge is -2.20. The van der Waals surface area contributed by atoms with Crippen molar-refractivity contribution in [3.8, 4) is 0 Å². The van der Waals surface area contributed by atoms with Gasteiger partial charge in [0.15, 0.2) is 0 Å². The van der Waals surface area contributed by atoms with Crippen molar-refractivity contribution in [2.24, 2.45) is 0 Å². The lowest BCUT2D eigenvalue weighted by atomic mass is 9.94. The molecule has 0 aliphatic heterocycles. The molecule has 2 heteroatoms. The number of aliphatic hydroxyl groups is 2. The molecule has 14 heavy (non-hydrogen) atoms. The molecule has 0 saturated carbocycles. The van der Waals surface area contributed by atoms with E-state index in [0.717, 1.165) is 5.57 Å². The summed E-state index contributed by atoms with van der Waals surface area (Å²) in [5, 5.41) is 18.1. The summed E-state index contributed by atoms with van der Waals surface area (Å²) < 4.78 is 0. The van der Waals surface area contributed by atoms with Crippen LogP contribution in [0.4, 0.5) is 0 Å². The van der Waals surface area contributed by atoms with Crippen molar-refractivity contribution in [2.45, 2.75) is 18.9 Å². The molecule has 1 aliphatic carbocycles. The molecule has 0 saturated heterocycles. The van der Waals surface area contributed by atoms with Gasteiger partial charge < -0.3 is 10.2 Å². The normalized spacial score (nSPS) is 27.5. The minimum absolute atomic E-state index is 0.0634. The number of hydrogen-bond donors (Lipinski definition) is 2. The highest BCUT2D eigenvalue weighted by atomic mass is 16.3. The molecule has 0 radical (unpaired) electrons. The van der Waals surface area contributed by atoms with Crippen LogP contribution in [0.1, 0.15) is 13.3 Å². The van der Waals surface area contributed by atoms with Crippen LogP contribution >= 0.6 is 0 Å². The summed E-state index contributed by atoms with van der Waals surface area (Å²) in [5.74, 6) is 0. The molecule has 0 aromatic rings. The first-order chi connectivity index (χ1) is 6.64. The minimum Gasteiger partial charge on any atom is -0.392 e. The Morgan fingerprint density at radius 1 is 1.50 bits per heavy atom. The summed E-state index contributed by atoms with van der Waals surface area (Å²) in [6.07, 6.45) is 13.6. The zero-order valence-corrected chi connectivity index (χ0v) is 8.35. The highest BCUT2D eigenvalue weighted by Gasteiger charge is 2.16. The van der Waals surface area contributed by atoms with Crippen LogP contribution in [0.15, 0.2) is 48.1 Å². The first-order valence-electron chi connectivity index (χ1n) is 4.70. The van der Waals surface area contributed by atoms with E-state index in [1.54, 1.807) is 25.2 Å². The van der Waals surface area contributed by atoms with Gasteiger partial charge in [-0.1, -0.05) is 42.5 Å². The van der Waals surface area contributed by atoms with Crippen molar-refractivity contribution in [3.63, 3.8) is 0 Å². The molecule has 2 nitrogen and oxygen atoms in total. The van der Waals surface area contributed by atoms with Gasteiger partial charge >= 0.3 is 0 Å². The van der Waals surface area contributed by atoms with Gasteiger partial charge in [-0.3, -0.25) is 0 Å². The smallest absolute Gasteiger partial charge is 0.0837 e. The molecular formula is C12H16O2. The van der Waals surface area contributed by atoms with Gasteiger partial charge in [-0.25, -0.2) is 0 Å². The molecule has 0 aromatic carbocycles. The van der Waals surface area contributed by atoms with Crippen LogP contribution in [-0.2, 0) is 0 Å². The third-order valence-electron chi connectivity index (χ3n) is 2.03. The summed E-state index contributed by atoms with van der Waals surface area (Å²) in [6.45, 7) is 1.85. The lowest BCUT2D eigenvalue weighted by Crippen LogP contribution is -2.21. The molecule has 0 fully saturated rings. The second-order valence-electron chi connectivity index (χ2n) is 3.57. The maximum absolute atomic E-state index is 9.60. The second kappa shape index (κ2) is 4.94. The zero-order valence-electron chi connectivity index (χ0n) is 8.35. The monoisotopic (exact) mass is 192 g/mol. The molecule has 0 aromatic heterocycles. The number of aliphatic hydroxyl groups excluding tert-OH is 1. The van der Waals surface area contributed by atoms with Gasteiger partial charge in [0.1, 0.15) is 0 Å². The Morgan fingerprint density at radius 2 is 2.29 bits per heavy atom. The molecule has 76 valence electrons. The predicted molar refractivity (Wildman–Crippen MR) is 57.8 cm³/mol. The maximum Gasteiger partial charge on any atom is 0.0837 e. The predicted octanol–water partition coefficient (Wildman–Crippen LogP) is 1.73. The van der Waals surface area contributed by atoms with Gasteiger partial charge in [0.2, 0.25) is 0 Å². The minimum atomic E-state index is -0.696. The quantitative estimate of drug-likeness (QED) is 0.668. The van der Waals surface area contributed by atoms with Gasteiger partial charge in [-0.05, 0) is 18.9 Å². The Hall–Kier alpha value is -1.12. The van der Waals surface area contributed by atoms with Crippen molar-refractivity contribution in [1.29, 1.82) is 0 Å². The highest BCUT2D eigenvalue weighted by molar-refractivity contribution is 5.36. The van der Waals surface area contributed by atoms with Crippen LogP contribution < -0.4 is 0 Å². The van der Waals surface area contributed by atoms with Gasteiger partial charge in [0.25, 0.3) is 0 Å². The Kier molecular flexibility index (Phi) is 3.86. The van der Waals surface area contributed by atoms with Crippen LogP contribution in [0.3, 0.4) is 0 Å².